The lowest BCUT2D eigenvalue weighted by atomic mass is 10.0. The highest BCUT2D eigenvalue weighted by molar-refractivity contribution is 5.84. The van der Waals surface area contributed by atoms with Crippen molar-refractivity contribution in [3.63, 3.8) is 0 Å². The lowest BCUT2D eigenvalue weighted by molar-refractivity contribution is 0.112. The molecule has 1 aromatic carbocycles. The van der Waals surface area contributed by atoms with Gasteiger partial charge in [0.2, 0.25) is 0 Å². The van der Waals surface area contributed by atoms with Crippen LogP contribution in [0.2, 0.25) is 0 Å². The van der Waals surface area contributed by atoms with Crippen molar-refractivity contribution in [1.29, 1.82) is 0 Å². The molecule has 3 heteroatoms. The van der Waals surface area contributed by atoms with Gasteiger partial charge in [-0.15, -0.1) is 0 Å². The topological polar surface area (TPSA) is 20.3 Å². The Labute approximate surface area is 95.1 Å². The van der Waals surface area contributed by atoms with Crippen molar-refractivity contribution in [1.82, 2.24) is 0 Å². The summed E-state index contributed by atoms with van der Waals surface area (Å²) >= 11 is 0. The molecule has 0 saturated carbocycles. The number of hydrogen-bond acceptors (Lipinski definition) is 2. The molecule has 0 N–H and O–H groups in total. The van der Waals surface area contributed by atoms with Gasteiger partial charge in [0, 0.05) is 24.3 Å². The minimum Gasteiger partial charge on any atom is -0.370 e. The summed E-state index contributed by atoms with van der Waals surface area (Å²) < 4.78 is 13.0. The van der Waals surface area contributed by atoms with E-state index in [9.17, 15) is 9.18 Å². The van der Waals surface area contributed by atoms with Gasteiger partial charge in [0.1, 0.15) is 5.82 Å². The molecule has 1 aromatic rings. The monoisotopic (exact) mass is 221 g/mol. The van der Waals surface area contributed by atoms with Crippen LogP contribution in [0.1, 0.15) is 24.2 Å². The van der Waals surface area contributed by atoms with Gasteiger partial charge in [0.15, 0.2) is 6.29 Å². The van der Waals surface area contributed by atoms with Crippen LogP contribution in [0.5, 0.6) is 0 Å². The molecule has 1 heterocycles. The Hall–Kier alpha value is -1.38. The molecule has 1 fully saturated rings. The largest absolute Gasteiger partial charge is 0.370 e. The lowest BCUT2D eigenvalue weighted by Gasteiger charge is -2.20. The molecule has 0 radical (unpaired) electrons. The summed E-state index contributed by atoms with van der Waals surface area (Å²) in [6, 6.07) is 4.41. The molecule has 1 saturated heterocycles. The third kappa shape index (κ3) is 1.94. The van der Waals surface area contributed by atoms with Gasteiger partial charge in [-0.3, -0.25) is 4.79 Å². The van der Waals surface area contributed by atoms with E-state index in [2.05, 4.69) is 18.7 Å². The van der Waals surface area contributed by atoms with Gasteiger partial charge in [0.25, 0.3) is 0 Å². The molecule has 16 heavy (non-hydrogen) atoms. The molecule has 0 aliphatic carbocycles. The number of rotatable bonds is 2. The van der Waals surface area contributed by atoms with Crippen LogP contribution in [0.25, 0.3) is 0 Å². The minimum absolute atomic E-state index is 0.355. The first-order valence-corrected chi connectivity index (χ1v) is 5.61. The van der Waals surface area contributed by atoms with Crippen LogP contribution in [0.3, 0.4) is 0 Å². The van der Waals surface area contributed by atoms with E-state index in [1.807, 2.05) is 0 Å². The van der Waals surface area contributed by atoms with Crippen molar-refractivity contribution in [3.8, 4) is 0 Å². The quantitative estimate of drug-likeness (QED) is 0.716. The van der Waals surface area contributed by atoms with Crippen LogP contribution in [0.4, 0.5) is 10.1 Å². The highest BCUT2D eigenvalue weighted by Crippen LogP contribution is 2.29. The van der Waals surface area contributed by atoms with Crippen LogP contribution >= 0.6 is 0 Å². The van der Waals surface area contributed by atoms with E-state index < -0.39 is 0 Å². The summed E-state index contributed by atoms with van der Waals surface area (Å²) in [5, 5.41) is 0. The molecule has 1 aliphatic rings. The number of hydrogen-bond donors (Lipinski definition) is 0. The Balaban J connectivity index is 2.30. The lowest BCUT2D eigenvalue weighted by Crippen LogP contribution is -2.21. The summed E-state index contributed by atoms with van der Waals surface area (Å²) in [6.07, 6.45) is 0.728. The van der Waals surface area contributed by atoms with E-state index in [-0.39, 0.29) is 5.82 Å². The summed E-state index contributed by atoms with van der Waals surface area (Å²) in [4.78, 5) is 13.1. The normalized spacial score (nSPS) is 24.8. The average Bonchev–Trinajstić information content (AvgIpc) is 2.59. The number of anilines is 1. The molecule has 0 amide bonds. The highest BCUT2D eigenvalue weighted by atomic mass is 19.1. The minimum atomic E-state index is -0.355. The van der Waals surface area contributed by atoms with Gasteiger partial charge in [-0.2, -0.15) is 0 Å². The van der Waals surface area contributed by atoms with Gasteiger partial charge in [-0.25, -0.2) is 4.39 Å². The number of nitrogens with zero attached hydrogens (tertiary/aromatic N) is 1. The molecule has 86 valence electrons. The second kappa shape index (κ2) is 4.24. The van der Waals surface area contributed by atoms with Crippen molar-refractivity contribution in [3.05, 3.63) is 29.6 Å². The maximum Gasteiger partial charge on any atom is 0.152 e. The van der Waals surface area contributed by atoms with Crippen molar-refractivity contribution in [2.24, 2.45) is 11.8 Å². The van der Waals surface area contributed by atoms with E-state index in [1.54, 1.807) is 6.07 Å². The molecular formula is C13H16FNO. The van der Waals surface area contributed by atoms with E-state index in [4.69, 9.17) is 0 Å². The predicted octanol–water partition coefficient (Wildman–Crippen LogP) is 2.73. The number of carbonyl (C=O) groups excluding carboxylic acids is 1. The Morgan fingerprint density at radius 3 is 2.50 bits per heavy atom. The Kier molecular flexibility index (Phi) is 2.95. The van der Waals surface area contributed by atoms with Crippen LogP contribution in [0.15, 0.2) is 18.2 Å². The summed E-state index contributed by atoms with van der Waals surface area (Å²) in [5.41, 5.74) is 1.30. The van der Waals surface area contributed by atoms with Crippen molar-refractivity contribution in [2.45, 2.75) is 13.8 Å². The fourth-order valence-corrected chi connectivity index (χ4v) is 2.23. The first-order chi connectivity index (χ1) is 7.61. The smallest absolute Gasteiger partial charge is 0.152 e. The molecule has 2 unspecified atom stereocenters. The molecular weight excluding hydrogens is 205 g/mol. The maximum atomic E-state index is 13.0. The third-order valence-electron chi connectivity index (χ3n) is 3.45. The van der Waals surface area contributed by atoms with E-state index >= 15 is 0 Å². The number of carbonyl (C=O) groups is 1. The zero-order valence-electron chi connectivity index (χ0n) is 9.61. The SMILES string of the molecule is CC1CN(c2ccc(F)cc2C=O)CC1C. The van der Waals surface area contributed by atoms with Crippen LogP contribution in [-0.2, 0) is 0 Å². The van der Waals surface area contributed by atoms with Crippen molar-refractivity contribution in [2.75, 3.05) is 18.0 Å². The summed E-state index contributed by atoms with van der Waals surface area (Å²) in [7, 11) is 0. The highest BCUT2D eigenvalue weighted by Gasteiger charge is 2.27. The third-order valence-corrected chi connectivity index (χ3v) is 3.45. The average molecular weight is 221 g/mol. The Morgan fingerprint density at radius 1 is 1.31 bits per heavy atom. The second-order valence-corrected chi connectivity index (χ2v) is 4.68. The van der Waals surface area contributed by atoms with Gasteiger partial charge in [0.05, 0.1) is 0 Å². The Morgan fingerprint density at radius 2 is 1.94 bits per heavy atom. The molecule has 2 atom stereocenters. The molecule has 2 rings (SSSR count). The van der Waals surface area contributed by atoms with Gasteiger partial charge >= 0.3 is 0 Å². The first kappa shape index (κ1) is 11.1. The van der Waals surface area contributed by atoms with Crippen LogP contribution in [-0.4, -0.2) is 19.4 Å². The van der Waals surface area contributed by atoms with E-state index in [0.29, 0.717) is 17.4 Å². The zero-order chi connectivity index (χ0) is 11.7. The predicted molar refractivity (Wildman–Crippen MR) is 62.3 cm³/mol. The molecule has 0 bridgehead atoms. The fraction of sp³-hybridized carbons (Fsp3) is 0.462. The standard InChI is InChI=1S/C13H16FNO/c1-9-6-15(7-10(9)2)13-4-3-12(14)5-11(13)8-16/h3-5,8-10H,6-7H2,1-2H3. The molecule has 2 nitrogen and oxygen atoms in total. The number of benzene rings is 1. The Bertz CT molecular complexity index is 395. The van der Waals surface area contributed by atoms with Crippen molar-refractivity contribution >= 4 is 12.0 Å². The molecule has 0 aromatic heterocycles. The van der Waals surface area contributed by atoms with Gasteiger partial charge in [-0.1, -0.05) is 13.8 Å². The maximum absolute atomic E-state index is 13.0. The van der Waals surface area contributed by atoms with Gasteiger partial charge in [-0.05, 0) is 30.0 Å². The van der Waals surface area contributed by atoms with Crippen LogP contribution in [0, 0.1) is 17.7 Å². The number of halogens is 1. The summed E-state index contributed by atoms with van der Waals surface area (Å²) in [6.45, 7) is 6.28. The van der Waals surface area contributed by atoms with Gasteiger partial charge < -0.3 is 4.90 Å². The van der Waals surface area contributed by atoms with Crippen LogP contribution < -0.4 is 4.90 Å². The summed E-state index contributed by atoms with van der Waals surface area (Å²) in [5.74, 6) is 0.875. The van der Waals surface area contributed by atoms with E-state index in [1.165, 1.54) is 12.1 Å². The van der Waals surface area contributed by atoms with E-state index in [0.717, 1.165) is 25.1 Å². The zero-order valence-corrected chi connectivity index (χ0v) is 9.61. The number of aldehydes is 1. The first-order valence-electron chi connectivity index (χ1n) is 5.61. The second-order valence-electron chi connectivity index (χ2n) is 4.68. The molecule has 0 spiro atoms. The molecule has 1 aliphatic heterocycles. The van der Waals surface area contributed by atoms with Crippen molar-refractivity contribution < 1.29 is 9.18 Å². The fourth-order valence-electron chi connectivity index (χ4n) is 2.23.